The Balaban J connectivity index is 0.00000578. The Kier molecular flexibility index (Phi) is 13.9. The summed E-state index contributed by atoms with van der Waals surface area (Å²) in [7, 11) is 0. The number of rotatable bonds is 15. The molecule has 0 spiro atoms. The summed E-state index contributed by atoms with van der Waals surface area (Å²) in [6.45, 7) is 2.00. The molecule has 5 atom stereocenters. The molecule has 1 aromatic rings. The Morgan fingerprint density at radius 2 is 1.79 bits per heavy atom. The summed E-state index contributed by atoms with van der Waals surface area (Å²) in [5, 5.41) is 20.6. The Hall–Kier alpha value is -1.26. The number of carbonyl (C=O) groups excluding carboxylic acids is 1. The topological polar surface area (TPSA) is 120 Å². The van der Waals surface area contributed by atoms with E-state index in [1.165, 1.54) is 61.8 Å². The van der Waals surface area contributed by atoms with Crippen molar-refractivity contribution in [3.63, 3.8) is 0 Å². The van der Waals surface area contributed by atoms with Gasteiger partial charge in [-0.2, -0.15) is 0 Å². The van der Waals surface area contributed by atoms with Crippen LogP contribution < -0.4 is 5.73 Å². The first-order valence-electron chi connectivity index (χ1n) is 12.3. The molecule has 2 unspecified atom stereocenters. The molecule has 0 amide bonds. The number of anilines is 1. The third-order valence-corrected chi connectivity index (χ3v) is 6.00. The van der Waals surface area contributed by atoms with Gasteiger partial charge in [-0.15, -0.1) is 12.4 Å². The second-order valence-corrected chi connectivity index (χ2v) is 8.75. The van der Waals surface area contributed by atoms with Crippen molar-refractivity contribution in [3.05, 3.63) is 17.0 Å². The van der Waals surface area contributed by atoms with E-state index in [9.17, 15) is 15.0 Å². The van der Waals surface area contributed by atoms with Crippen LogP contribution in [0.25, 0.3) is 0 Å². The van der Waals surface area contributed by atoms with E-state index in [0.717, 1.165) is 12.8 Å². The van der Waals surface area contributed by atoms with E-state index in [0.29, 0.717) is 6.42 Å². The van der Waals surface area contributed by atoms with E-state index in [1.807, 2.05) is 0 Å². The molecule has 33 heavy (non-hydrogen) atoms. The molecule has 0 aromatic carbocycles. The molecule has 1 aliphatic rings. The van der Waals surface area contributed by atoms with Gasteiger partial charge >= 0.3 is 5.97 Å². The molecule has 1 fully saturated rings. The predicted molar refractivity (Wildman–Crippen MR) is 133 cm³/mol. The molecule has 2 rings (SSSR count). The maximum atomic E-state index is 12.1. The van der Waals surface area contributed by atoms with Crippen LogP contribution in [0.3, 0.4) is 0 Å². The summed E-state index contributed by atoms with van der Waals surface area (Å²) in [6, 6.07) is 1.51. The van der Waals surface area contributed by atoms with Gasteiger partial charge in [0.25, 0.3) is 0 Å². The van der Waals surface area contributed by atoms with Gasteiger partial charge in [0.1, 0.15) is 30.7 Å². The minimum absolute atomic E-state index is 0. The molecule has 1 saturated heterocycles. The van der Waals surface area contributed by atoms with Crippen molar-refractivity contribution >= 4 is 36.4 Å². The molecule has 0 bridgehead atoms. The second-order valence-electron chi connectivity index (χ2n) is 8.38. The molecule has 2 heterocycles. The number of unbranched alkanes of at least 4 members (excludes halogenated alkanes) is 8. The maximum absolute atomic E-state index is 12.1. The van der Waals surface area contributed by atoms with Crippen molar-refractivity contribution in [3.8, 4) is 0 Å². The zero-order chi connectivity index (χ0) is 24.2. The van der Waals surface area contributed by atoms with E-state index in [1.54, 1.807) is 0 Å². The normalized spacial score (nSPS) is 23.5. The van der Waals surface area contributed by atoms with Gasteiger partial charge in [-0.25, -0.2) is 4.98 Å². The average molecular weight is 507 g/mol. The number of hydrogen-bond donors (Lipinski definition) is 3. The molecular weight excluding hydrogens is 466 g/mol. The van der Waals surface area contributed by atoms with Crippen molar-refractivity contribution in [2.45, 2.75) is 108 Å². The summed E-state index contributed by atoms with van der Waals surface area (Å²) in [5.74, 6) is -0.271. The number of nitrogen functional groups attached to an aromatic ring is 1. The third kappa shape index (κ3) is 10.3. The van der Waals surface area contributed by atoms with Crippen LogP contribution in [0.2, 0.25) is 0 Å². The van der Waals surface area contributed by atoms with Crippen molar-refractivity contribution < 1.29 is 25.9 Å². The van der Waals surface area contributed by atoms with Crippen molar-refractivity contribution in [1.82, 2.24) is 9.55 Å². The van der Waals surface area contributed by atoms with Crippen LogP contribution in [-0.4, -0.2) is 50.7 Å². The Labute approximate surface area is 209 Å². The first-order valence-corrected chi connectivity index (χ1v) is 12.2. The van der Waals surface area contributed by atoms with Crippen LogP contribution in [0, 0.1) is 4.77 Å². The molecule has 0 aliphatic carbocycles. The number of nitrogens with zero attached hydrogens (tertiary/aromatic N) is 2. The quantitative estimate of drug-likeness (QED) is 0.181. The van der Waals surface area contributed by atoms with E-state index in [4.69, 9.17) is 28.8 Å². The maximum Gasteiger partial charge on any atom is 0.305 e. The van der Waals surface area contributed by atoms with Gasteiger partial charge in [0, 0.05) is 14.0 Å². The monoisotopic (exact) mass is 506 g/mol. The standard InChI is InChI=1S/C23H39N3O5S.ClH/c1-2-3-4-5-6-7-8-9-10-11-12-13-19(27)30-16-17-20(28)21(29)22(31-17)26-15-14-18(24)25-23(26)32;/h14-15,17,20-22,28-29H,2-13,16H2,1H3,(H2,24,25,32);1H/t17-,20-,21+,22?;/m1./s1/i12D;/t12?,17-,20-,21+,22?;. The van der Waals surface area contributed by atoms with Gasteiger partial charge in [-0.1, -0.05) is 71.1 Å². The number of hydrogen-bond acceptors (Lipinski definition) is 8. The number of halogens is 1. The van der Waals surface area contributed by atoms with Crippen molar-refractivity contribution in [1.29, 1.82) is 0 Å². The van der Waals surface area contributed by atoms with Crippen LogP contribution in [0.4, 0.5) is 5.82 Å². The third-order valence-electron chi connectivity index (χ3n) is 5.69. The molecule has 0 saturated carbocycles. The first kappa shape index (κ1) is 28.0. The summed E-state index contributed by atoms with van der Waals surface area (Å²) >= 11 is 5.13. The van der Waals surface area contributed by atoms with E-state index in [2.05, 4.69) is 11.9 Å². The fourth-order valence-corrected chi connectivity index (χ4v) is 4.04. The highest BCUT2D eigenvalue weighted by atomic mass is 35.5. The highest BCUT2D eigenvalue weighted by Gasteiger charge is 2.44. The predicted octanol–water partition coefficient (Wildman–Crippen LogP) is 4.48. The molecule has 8 nitrogen and oxygen atoms in total. The van der Waals surface area contributed by atoms with Crippen LogP contribution in [0.1, 0.15) is 91.5 Å². The van der Waals surface area contributed by atoms with Gasteiger partial charge in [-0.05, 0) is 24.7 Å². The van der Waals surface area contributed by atoms with Gasteiger partial charge < -0.3 is 25.4 Å². The van der Waals surface area contributed by atoms with Gasteiger partial charge in [-0.3, -0.25) is 9.36 Å². The number of ether oxygens (including phenoxy) is 2. The van der Waals surface area contributed by atoms with Gasteiger partial charge in [0.15, 0.2) is 6.23 Å². The van der Waals surface area contributed by atoms with Crippen molar-refractivity contribution in [2.24, 2.45) is 0 Å². The summed E-state index contributed by atoms with van der Waals surface area (Å²) < 4.78 is 20.5. The summed E-state index contributed by atoms with van der Waals surface area (Å²) in [6.07, 6.45) is 8.23. The minimum Gasteiger partial charge on any atom is -0.463 e. The largest absolute Gasteiger partial charge is 0.463 e. The summed E-state index contributed by atoms with van der Waals surface area (Å²) in [4.78, 5) is 16.1. The Bertz CT molecular complexity index is 787. The summed E-state index contributed by atoms with van der Waals surface area (Å²) in [5.41, 5.74) is 5.59. The highest BCUT2D eigenvalue weighted by molar-refractivity contribution is 7.71. The van der Waals surface area contributed by atoms with Gasteiger partial charge in [0.05, 0.1) is 0 Å². The Morgan fingerprint density at radius 1 is 1.18 bits per heavy atom. The number of nitrogens with two attached hydrogens (primary N) is 1. The first-order chi connectivity index (χ1) is 15.8. The average Bonchev–Trinajstić information content (AvgIpc) is 3.05. The highest BCUT2D eigenvalue weighted by Crippen LogP contribution is 2.30. The minimum atomic E-state index is -1.26. The van der Waals surface area contributed by atoms with Gasteiger partial charge in [0.2, 0.25) is 4.77 Å². The van der Waals surface area contributed by atoms with Crippen LogP contribution >= 0.6 is 24.6 Å². The molecule has 4 N–H and O–H groups in total. The fourth-order valence-electron chi connectivity index (χ4n) is 3.77. The van der Waals surface area contributed by atoms with Crippen LogP contribution in [-0.2, 0) is 14.3 Å². The zero-order valence-electron chi connectivity index (χ0n) is 20.4. The molecule has 10 heteroatoms. The molecular formula is C23H40ClN3O5S. The van der Waals surface area contributed by atoms with Crippen molar-refractivity contribution in [2.75, 3.05) is 12.3 Å². The fraction of sp³-hybridized carbons (Fsp3) is 0.783. The molecule has 1 aromatic heterocycles. The lowest BCUT2D eigenvalue weighted by Gasteiger charge is -2.18. The molecule has 1 aliphatic heterocycles. The van der Waals surface area contributed by atoms with Crippen LogP contribution in [0.5, 0.6) is 0 Å². The molecule has 190 valence electrons. The lowest BCUT2D eigenvalue weighted by atomic mass is 10.1. The van der Waals surface area contributed by atoms with E-state index in [-0.39, 0.29) is 36.0 Å². The smallest absolute Gasteiger partial charge is 0.305 e. The second kappa shape index (κ2) is 16.4. The van der Waals surface area contributed by atoms with Crippen LogP contribution in [0.15, 0.2) is 12.3 Å². The number of carbonyl (C=O) groups is 1. The lowest BCUT2D eigenvalue weighted by Crippen LogP contribution is -2.34. The number of aromatic nitrogens is 2. The van der Waals surface area contributed by atoms with E-state index < -0.39 is 36.9 Å². The zero-order valence-corrected chi connectivity index (χ0v) is 21.1. The number of esters is 1. The number of aliphatic hydroxyl groups is 2. The molecule has 0 radical (unpaired) electrons. The Morgan fingerprint density at radius 3 is 2.39 bits per heavy atom. The van der Waals surface area contributed by atoms with E-state index >= 15 is 0 Å². The lowest BCUT2D eigenvalue weighted by molar-refractivity contribution is -0.150. The SMILES string of the molecule is Cl.[2H]C(CCCCCCCCCCC)CC(=O)OC[C@H]1OC(n2ccc(N)nc2=S)[C@@H](O)[C@@H]1O. The number of aliphatic hydroxyl groups excluding tert-OH is 2.